The van der Waals surface area contributed by atoms with Crippen LogP contribution in [0.25, 0.3) is 83.3 Å². The largest absolute Gasteiger partial charge is 0.450 e. The summed E-state index contributed by atoms with van der Waals surface area (Å²) >= 11 is 33.4. The van der Waals surface area contributed by atoms with Gasteiger partial charge >= 0.3 is 17.1 Å². The number of aromatic nitrogens is 10. The Bertz CT molecular complexity index is 4490. The van der Waals surface area contributed by atoms with E-state index in [1.54, 1.807) is 98.7 Å². The van der Waals surface area contributed by atoms with Crippen LogP contribution in [-0.4, -0.2) is 62.7 Å². The first-order valence-electron chi connectivity index (χ1n) is 21.7. The second-order valence-electron chi connectivity index (χ2n) is 16.5. The fourth-order valence-electron chi connectivity index (χ4n) is 9.02. The minimum Gasteiger partial charge on any atom is -0.450 e. The lowest BCUT2D eigenvalue weighted by molar-refractivity contribution is 0.662. The molecule has 4 aromatic carbocycles. The van der Waals surface area contributed by atoms with Gasteiger partial charge in [-0.1, -0.05) is 58.0 Å². The highest BCUT2D eigenvalue weighted by Gasteiger charge is 2.27. The normalized spacial score (nSPS) is 11.8. The molecule has 0 spiro atoms. The molecule has 0 aliphatic rings. The van der Waals surface area contributed by atoms with E-state index in [0.717, 1.165) is 5.52 Å². The van der Waals surface area contributed by atoms with E-state index in [9.17, 15) is 14.4 Å². The van der Waals surface area contributed by atoms with E-state index in [0.29, 0.717) is 92.9 Å². The summed E-state index contributed by atoms with van der Waals surface area (Å²) in [6.45, 7) is 1.77. The lowest BCUT2D eigenvalue weighted by Crippen LogP contribution is -2.26. The number of nitrogens with zero attached hydrogens (tertiary/aromatic N) is 10. The van der Waals surface area contributed by atoms with Gasteiger partial charge in [0.1, 0.15) is 27.7 Å². The van der Waals surface area contributed by atoms with Crippen LogP contribution < -0.4 is 32.6 Å². The number of pyridine rings is 1. The summed E-state index contributed by atoms with van der Waals surface area (Å²) in [5, 5.41) is 9.38. The first-order chi connectivity index (χ1) is 34.8. The Labute approximate surface area is 428 Å². The second-order valence-corrected chi connectivity index (χ2v) is 18.6. The van der Waals surface area contributed by atoms with Gasteiger partial charge in [-0.15, -0.1) is 0 Å². The van der Waals surface area contributed by atoms with Crippen LogP contribution in [0.1, 0.15) is 11.3 Å². The number of aromatic amines is 1. The molecule has 8 heterocycles. The number of H-pyrrole nitrogens is 1. The van der Waals surface area contributed by atoms with Crippen molar-refractivity contribution in [1.82, 2.24) is 48.6 Å². The first-order valence-corrected chi connectivity index (χ1v) is 23.6. The molecule has 0 amide bonds. The molecular weight excluding hydrogens is 1030 g/mol. The van der Waals surface area contributed by atoms with Crippen LogP contribution >= 0.6 is 58.0 Å². The Kier molecular flexibility index (Phi) is 10.7. The highest BCUT2D eigenvalue weighted by atomic mass is 35.5. The third kappa shape index (κ3) is 7.20. The minimum atomic E-state index is -0.738. The monoisotopic (exact) mass is 1060 g/mol. The van der Waals surface area contributed by atoms with Crippen LogP contribution in [-0.2, 0) is 6.54 Å². The van der Waals surface area contributed by atoms with E-state index in [4.69, 9.17) is 66.8 Å². The summed E-state index contributed by atoms with van der Waals surface area (Å²) < 4.78 is 16.9. The van der Waals surface area contributed by atoms with Crippen LogP contribution in [0.2, 0.25) is 25.2 Å². The van der Waals surface area contributed by atoms with Gasteiger partial charge in [-0.25, -0.2) is 28.9 Å². The Morgan fingerprint density at radius 1 is 0.653 bits per heavy atom. The Morgan fingerprint density at radius 3 is 1.99 bits per heavy atom. The number of nitrogens with one attached hydrogen (secondary N) is 3. The molecule has 0 aliphatic heterocycles. The van der Waals surface area contributed by atoms with Crippen LogP contribution in [0.5, 0.6) is 0 Å². The molecule has 0 saturated carbocycles. The van der Waals surface area contributed by atoms with Crippen molar-refractivity contribution >= 4 is 147 Å². The lowest BCUT2D eigenvalue weighted by Gasteiger charge is -2.21. The van der Waals surface area contributed by atoms with Crippen molar-refractivity contribution in [1.29, 1.82) is 0 Å². The average Bonchev–Trinajstić information content (AvgIpc) is 4.05. The lowest BCUT2D eigenvalue weighted by atomic mass is 10.2. The van der Waals surface area contributed by atoms with Gasteiger partial charge < -0.3 is 29.4 Å². The molecule has 12 aromatic rings. The highest BCUT2D eigenvalue weighted by Crippen LogP contribution is 2.41. The topological polar surface area (TPSA) is 213 Å². The predicted molar refractivity (Wildman–Crippen MR) is 282 cm³/mol. The maximum Gasteiger partial charge on any atom is 0.356 e. The van der Waals surface area contributed by atoms with E-state index in [-0.39, 0.29) is 51.0 Å². The van der Waals surface area contributed by atoms with E-state index in [2.05, 4.69) is 45.5 Å². The van der Waals surface area contributed by atoms with Crippen LogP contribution in [0, 0.1) is 6.92 Å². The molecule has 3 N–H and O–H groups in total. The maximum absolute atomic E-state index is 14.6. The summed E-state index contributed by atoms with van der Waals surface area (Å²) in [4.78, 5) is 73.7. The summed E-state index contributed by atoms with van der Waals surface area (Å²) in [6, 6.07) is 22.1. The van der Waals surface area contributed by atoms with Gasteiger partial charge in [-0.2, -0.15) is 15.0 Å². The average molecular weight is 1060 g/mol. The molecule has 0 unspecified atom stereocenters. The standard InChI is InChI=1S/C49H30Cl5N13O5/c1-21-45(57-13-12-56-21)67-38-28-16-24(51)5-10-34(28)71-40(38)44(62-48(67)69)59-20-22-14-33(42(54)58-19-22)66-39-29-17-25(52)6-11-35(29)72-41(39)46(63-49(66)70)64(3)26-7-9-32(30(53)18-26)65-37-27-15-23(50)4-8-31(27)60-36(37)43(55-2)61-47(65)68/h4-19,60H,20H2,1-3H3,(H,55,61,68)(H,59,62,69). The molecule has 18 nitrogen and oxygen atoms in total. The minimum absolute atomic E-state index is 0.0283. The second kappa shape index (κ2) is 17.1. The third-order valence-corrected chi connectivity index (χ3v) is 13.6. The predicted octanol–water partition coefficient (Wildman–Crippen LogP) is 10.9. The molecule has 0 atom stereocenters. The molecule has 356 valence electrons. The summed E-state index contributed by atoms with van der Waals surface area (Å²) in [5.41, 5.74) is 3.86. The Hall–Kier alpha value is -8.00. The van der Waals surface area contributed by atoms with E-state index < -0.39 is 17.1 Å². The molecule has 23 heteroatoms. The van der Waals surface area contributed by atoms with Crippen molar-refractivity contribution in [3.8, 4) is 17.2 Å². The molecule has 0 radical (unpaired) electrons. The van der Waals surface area contributed by atoms with Crippen molar-refractivity contribution in [3.05, 3.63) is 165 Å². The van der Waals surface area contributed by atoms with Gasteiger partial charge in [0, 0.05) is 81.7 Å². The zero-order chi connectivity index (χ0) is 49.9. The Balaban J connectivity index is 0.947. The maximum atomic E-state index is 14.6. The van der Waals surface area contributed by atoms with Crippen molar-refractivity contribution in [2.75, 3.05) is 29.6 Å². The SMILES string of the molecule is CNc1nc(=O)n(-c2ccc(N(C)c3nc(=O)n(-c4cc(CNc5nc(=O)n(-c6nccnc6C)c6c5oc5ccc(Cl)cc56)cnc4Cl)c4c3oc3ccc(Cl)cc34)cc2Cl)c2c1[nH]c1ccc(Cl)cc12. The fourth-order valence-corrected chi connectivity index (χ4v) is 9.98. The van der Waals surface area contributed by atoms with Crippen LogP contribution in [0.15, 0.2) is 121 Å². The molecular formula is C49H30Cl5N13O5. The molecule has 72 heavy (non-hydrogen) atoms. The quantitative estimate of drug-likeness (QED) is 0.115. The molecule has 8 aromatic heterocycles. The number of fused-ring (bicyclic) bond motifs is 9. The number of aryl methyl sites for hydroxylation is 1. The highest BCUT2D eigenvalue weighted by molar-refractivity contribution is 6.34. The van der Waals surface area contributed by atoms with Crippen molar-refractivity contribution in [2.24, 2.45) is 0 Å². The van der Waals surface area contributed by atoms with Crippen LogP contribution in [0.3, 0.4) is 0 Å². The van der Waals surface area contributed by atoms with Gasteiger partial charge in [-0.05, 0) is 91.3 Å². The van der Waals surface area contributed by atoms with Gasteiger partial charge in [-0.3, -0.25) is 14.1 Å². The van der Waals surface area contributed by atoms with Gasteiger partial charge in [0.15, 0.2) is 39.6 Å². The Morgan fingerprint density at radius 2 is 1.28 bits per heavy atom. The van der Waals surface area contributed by atoms with E-state index in [1.807, 2.05) is 6.07 Å². The zero-order valence-electron chi connectivity index (χ0n) is 37.3. The number of rotatable bonds is 9. The molecule has 12 rings (SSSR count). The first kappa shape index (κ1) is 45.2. The van der Waals surface area contributed by atoms with E-state index in [1.165, 1.54) is 32.3 Å². The molecule has 0 aliphatic carbocycles. The third-order valence-electron chi connectivity index (χ3n) is 12.3. The smallest absolute Gasteiger partial charge is 0.356 e. The van der Waals surface area contributed by atoms with Crippen molar-refractivity contribution in [2.45, 2.75) is 13.5 Å². The van der Waals surface area contributed by atoms with Crippen molar-refractivity contribution < 1.29 is 8.83 Å². The number of furan rings is 2. The molecule has 0 saturated heterocycles. The van der Waals surface area contributed by atoms with E-state index >= 15 is 0 Å². The summed E-state index contributed by atoms with van der Waals surface area (Å²) in [6.07, 6.45) is 4.53. The summed E-state index contributed by atoms with van der Waals surface area (Å²) in [5.74, 6) is 0.884. The summed E-state index contributed by atoms with van der Waals surface area (Å²) in [7, 11) is 3.37. The van der Waals surface area contributed by atoms with Gasteiger partial charge in [0.25, 0.3) is 0 Å². The number of hydrogen-bond acceptors (Lipinski definition) is 14. The van der Waals surface area contributed by atoms with Crippen molar-refractivity contribution in [3.63, 3.8) is 0 Å². The molecule has 0 fully saturated rings. The number of anilines is 4. The van der Waals surface area contributed by atoms with Crippen LogP contribution in [0.4, 0.5) is 23.1 Å². The van der Waals surface area contributed by atoms with Gasteiger partial charge in [0.05, 0.1) is 27.6 Å². The number of halogens is 5. The number of benzene rings is 4. The van der Waals surface area contributed by atoms with Gasteiger partial charge in [0.2, 0.25) is 0 Å². The number of hydrogen-bond donors (Lipinski definition) is 3. The molecule has 0 bridgehead atoms. The zero-order valence-corrected chi connectivity index (χ0v) is 41.1. The fraction of sp³-hybridized carbons (Fsp3) is 0.0816.